The number of nitrogens with one attached hydrogen (secondary N) is 1. The number of aromatic carboxylic acids is 1. The third-order valence-electron chi connectivity index (χ3n) is 2.75. The summed E-state index contributed by atoms with van der Waals surface area (Å²) in [6, 6.07) is 9.79. The zero-order chi connectivity index (χ0) is 16.1. The maximum absolute atomic E-state index is 13.0. The van der Waals surface area contributed by atoms with Crippen molar-refractivity contribution in [2.75, 3.05) is 5.32 Å². The van der Waals surface area contributed by atoms with Gasteiger partial charge in [0.2, 0.25) is 5.91 Å². The molecule has 0 heterocycles. The average Bonchev–Trinajstić information content (AvgIpc) is 2.45. The molecule has 1 amide bonds. The van der Waals surface area contributed by atoms with Crippen LogP contribution in [0.2, 0.25) is 5.02 Å². The van der Waals surface area contributed by atoms with Crippen molar-refractivity contribution >= 4 is 35.2 Å². The van der Waals surface area contributed by atoms with Crippen LogP contribution < -0.4 is 5.32 Å². The fourth-order valence-electron chi connectivity index (χ4n) is 1.76. The Labute approximate surface area is 130 Å². The van der Waals surface area contributed by atoms with E-state index >= 15 is 0 Å². The molecular formula is C16H11ClFNO3. The third kappa shape index (κ3) is 4.17. The first-order chi connectivity index (χ1) is 10.5. The summed E-state index contributed by atoms with van der Waals surface area (Å²) in [7, 11) is 0. The summed E-state index contributed by atoms with van der Waals surface area (Å²) in [4.78, 5) is 22.9. The Balaban J connectivity index is 2.15. The van der Waals surface area contributed by atoms with Crippen molar-refractivity contribution < 1.29 is 19.1 Å². The first kappa shape index (κ1) is 15.7. The molecular weight excluding hydrogens is 309 g/mol. The second kappa shape index (κ2) is 6.87. The number of halogens is 2. The number of hydrogen-bond donors (Lipinski definition) is 2. The van der Waals surface area contributed by atoms with Crippen LogP contribution in [0.15, 0.2) is 48.5 Å². The molecule has 0 fully saturated rings. The largest absolute Gasteiger partial charge is 0.478 e. The molecule has 0 bridgehead atoms. The van der Waals surface area contributed by atoms with Crippen LogP contribution in [0.5, 0.6) is 0 Å². The van der Waals surface area contributed by atoms with E-state index in [1.54, 1.807) is 6.07 Å². The lowest BCUT2D eigenvalue weighted by Crippen LogP contribution is -2.12. The summed E-state index contributed by atoms with van der Waals surface area (Å²) in [6.45, 7) is 0. The predicted octanol–water partition coefficient (Wildman–Crippen LogP) is 3.83. The van der Waals surface area contributed by atoms with E-state index in [1.807, 2.05) is 0 Å². The van der Waals surface area contributed by atoms with Crippen molar-refractivity contribution in [3.8, 4) is 0 Å². The topological polar surface area (TPSA) is 66.4 Å². The van der Waals surface area contributed by atoms with Gasteiger partial charge in [-0.05, 0) is 42.0 Å². The zero-order valence-corrected chi connectivity index (χ0v) is 12.0. The molecule has 112 valence electrons. The Morgan fingerprint density at radius 2 is 1.95 bits per heavy atom. The average molecular weight is 320 g/mol. The van der Waals surface area contributed by atoms with Gasteiger partial charge in [0.25, 0.3) is 0 Å². The van der Waals surface area contributed by atoms with Gasteiger partial charge in [-0.3, -0.25) is 4.79 Å². The fourth-order valence-corrected chi connectivity index (χ4v) is 1.94. The van der Waals surface area contributed by atoms with Gasteiger partial charge in [0.1, 0.15) is 5.82 Å². The molecule has 0 aliphatic rings. The second-order valence-electron chi connectivity index (χ2n) is 4.37. The van der Waals surface area contributed by atoms with Gasteiger partial charge in [-0.1, -0.05) is 23.7 Å². The van der Waals surface area contributed by atoms with Crippen LogP contribution in [-0.4, -0.2) is 17.0 Å². The standard InChI is InChI=1S/C16H11ClFNO3/c17-11-5-6-13(16(21)22)14(9-11)19-15(20)7-4-10-2-1-3-12(18)8-10/h1-9H,(H,19,20)(H,21,22). The summed E-state index contributed by atoms with van der Waals surface area (Å²) in [6.07, 6.45) is 2.60. The summed E-state index contributed by atoms with van der Waals surface area (Å²) in [5.74, 6) is -2.14. The van der Waals surface area contributed by atoms with Crippen LogP contribution in [0, 0.1) is 5.82 Å². The lowest BCUT2D eigenvalue weighted by molar-refractivity contribution is -0.111. The number of amides is 1. The highest BCUT2D eigenvalue weighted by Gasteiger charge is 2.11. The summed E-state index contributed by atoms with van der Waals surface area (Å²) in [5.41, 5.74) is 0.533. The number of carbonyl (C=O) groups excluding carboxylic acids is 1. The highest BCUT2D eigenvalue weighted by atomic mass is 35.5. The number of carboxylic acids is 1. The molecule has 0 aliphatic carbocycles. The monoisotopic (exact) mass is 319 g/mol. The molecule has 6 heteroatoms. The fraction of sp³-hybridized carbons (Fsp3) is 0. The number of benzene rings is 2. The van der Waals surface area contributed by atoms with Crippen molar-refractivity contribution in [1.82, 2.24) is 0 Å². The van der Waals surface area contributed by atoms with Gasteiger partial charge in [-0.25, -0.2) is 9.18 Å². The van der Waals surface area contributed by atoms with Gasteiger partial charge in [0.05, 0.1) is 11.3 Å². The smallest absolute Gasteiger partial charge is 0.337 e. The van der Waals surface area contributed by atoms with E-state index in [-0.39, 0.29) is 11.3 Å². The molecule has 0 aromatic heterocycles. The van der Waals surface area contributed by atoms with Crippen LogP contribution in [-0.2, 0) is 4.79 Å². The van der Waals surface area contributed by atoms with Crippen LogP contribution in [0.1, 0.15) is 15.9 Å². The maximum Gasteiger partial charge on any atom is 0.337 e. The zero-order valence-electron chi connectivity index (χ0n) is 11.2. The van der Waals surface area contributed by atoms with Gasteiger partial charge in [0.15, 0.2) is 0 Å². The molecule has 0 atom stereocenters. The predicted molar refractivity (Wildman–Crippen MR) is 82.5 cm³/mol. The molecule has 0 radical (unpaired) electrons. The quantitative estimate of drug-likeness (QED) is 0.842. The van der Waals surface area contributed by atoms with E-state index in [9.17, 15) is 14.0 Å². The first-order valence-corrected chi connectivity index (χ1v) is 6.61. The van der Waals surface area contributed by atoms with Crippen molar-refractivity contribution in [3.63, 3.8) is 0 Å². The number of carbonyl (C=O) groups is 2. The summed E-state index contributed by atoms with van der Waals surface area (Å²) >= 11 is 5.79. The van der Waals surface area contributed by atoms with Crippen molar-refractivity contribution in [2.24, 2.45) is 0 Å². The summed E-state index contributed by atoms with van der Waals surface area (Å²) < 4.78 is 13.0. The maximum atomic E-state index is 13.0. The van der Waals surface area contributed by atoms with E-state index in [1.165, 1.54) is 48.6 Å². The minimum Gasteiger partial charge on any atom is -0.478 e. The molecule has 0 saturated carbocycles. The molecule has 2 rings (SSSR count). The molecule has 0 unspecified atom stereocenters. The highest BCUT2D eigenvalue weighted by molar-refractivity contribution is 6.31. The van der Waals surface area contributed by atoms with E-state index in [2.05, 4.69) is 5.32 Å². The van der Waals surface area contributed by atoms with Gasteiger partial charge in [-0.2, -0.15) is 0 Å². The third-order valence-corrected chi connectivity index (χ3v) is 2.98. The van der Waals surface area contributed by atoms with Crippen LogP contribution >= 0.6 is 11.6 Å². The van der Waals surface area contributed by atoms with Crippen LogP contribution in [0.3, 0.4) is 0 Å². The van der Waals surface area contributed by atoms with Crippen molar-refractivity contribution in [1.29, 1.82) is 0 Å². The Hall–Kier alpha value is -2.66. The van der Waals surface area contributed by atoms with E-state index < -0.39 is 17.7 Å². The minimum atomic E-state index is -1.18. The Morgan fingerprint density at radius 3 is 2.64 bits per heavy atom. The highest BCUT2D eigenvalue weighted by Crippen LogP contribution is 2.21. The van der Waals surface area contributed by atoms with Gasteiger partial charge in [-0.15, -0.1) is 0 Å². The molecule has 2 aromatic rings. The molecule has 0 aliphatic heterocycles. The van der Waals surface area contributed by atoms with E-state index in [4.69, 9.17) is 16.7 Å². The molecule has 2 aromatic carbocycles. The van der Waals surface area contributed by atoms with E-state index in [0.29, 0.717) is 10.6 Å². The number of anilines is 1. The number of carboxylic acid groups (broad SMARTS) is 1. The van der Waals surface area contributed by atoms with Crippen LogP contribution in [0.25, 0.3) is 6.08 Å². The SMILES string of the molecule is O=C(C=Cc1cccc(F)c1)Nc1cc(Cl)ccc1C(=O)O. The Morgan fingerprint density at radius 1 is 1.18 bits per heavy atom. The normalized spacial score (nSPS) is 10.6. The molecule has 0 spiro atoms. The summed E-state index contributed by atoms with van der Waals surface area (Å²) in [5, 5.41) is 11.8. The molecule has 4 nitrogen and oxygen atoms in total. The minimum absolute atomic E-state index is 0.0723. The number of hydrogen-bond acceptors (Lipinski definition) is 2. The van der Waals surface area contributed by atoms with Gasteiger partial charge in [0, 0.05) is 11.1 Å². The second-order valence-corrected chi connectivity index (χ2v) is 4.81. The van der Waals surface area contributed by atoms with Crippen molar-refractivity contribution in [2.45, 2.75) is 0 Å². The van der Waals surface area contributed by atoms with Gasteiger partial charge >= 0.3 is 5.97 Å². The first-order valence-electron chi connectivity index (χ1n) is 6.23. The van der Waals surface area contributed by atoms with Crippen LogP contribution in [0.4, 0.5) is 10.1 Å². The van der Waals surface area contributed by atoms with E-state index in [0.717, 1.165) is 0 Å². The molecule has 22 heavy (non-hydrogen) atoms. The Kier molecular flexibility index (Phi) is 4.91. The lowest BCUT2D eigenvalue weighted by atomic mass is 10.1. The lowest BCUT2D eigenvalue weighted by Gasteiger charge is -2.07. The number of rotatable bonds is 4. The van der Waals surface area contributed by atoms with Gasteiger partial charge < -0.3 is 10.4 Å². The molecule has 0 saturated heterocycles. The Bertz CT molecular complexity index is 759. The molecule has 2 N–H and O–H groups in total. The van der Waals surface area contributed by atoms with Crippen molar-refractivity contribution in [3.05, 3.63) is 70.5 Å².